The molecule has 2 atom stereocenters. The summed E-state index contributed by atoms with van der Waals surface area (Å²) in [5.41, 5.74) is 1.62. The number of thioether (sulfide) groups is 1. The van der Waals surface area contributed by atoms with Crippen LogP contribution in [0.15, 0.2) is 23.2 Å². The highest BCUT2D eigenvalue weighted by Gasteiger charge is 2.31. The molecule has 2 rings (SSSR count). The van der Waals surface area contributed by atoms with Gasteiger partial charge in [0.05, 0.1) is 25.3 Å². The summed E-state index contributed by atoms with van der Waals surface area (Å²) in [5, 5.41) is 17.1. The molecule has 0 radical (unpaired) electrons. The minimum atomic E-state index is -0.669. The van der Waals surface area contributed by atoms with Crippen LogP contribution in [-0.4, -0.2) is 48.4 Å². The fraction of sp³-hybridized carbons (Fsp3) is 0.611. The van der Waals surface area contributed by atoms with Gasteiger partial charge in [0.1, 0.15) is 5.75 Å². The van der Waals surface area contributed by atoms with E-state index >= 15 is 0 Å². The maximum atomic E-state index is 10.5. The number of aliphatic imine (C=N–C) groups is 1. The third-order valence-electron chi connectivity index (χ3n) is 4.16. The molecule has 0 aliphatic carbocycles. The van der Waals surface area contributed by atoms with Crippen LogP contribution in [0.4, 0.5) is 0 Å². The summed E-state index contributed by atoms with van der Waals surface area (Å²) in [7, 11) is 1.69. The largest absolute Gasteiger partial charge is 0.496 e. The lowest BCUT2D eigenvalue weighted by Gasteiger charge is -2.23. The molecule has 25 heavy (non-hydrogen) atoms. The molecule has 1 aliphatic rings. The van der Waals surface area contributed by atoms with Crippen molar-refractivity contribution in [2.45, 2.75) is 38.8 Å². The van der Waals surface area contributed by atoms with Crippen LogP contribution in [0.1, 0.15) is 37.4 Å². The molecule has 0 aromatic heterocycles. The van der Waals surface area contributed by atoms with Gasteiger partial charge in [-0.15, -0.1) is 24.0 Å². The van der Waals surface area contributed by atoms with E-state index in [1.54, 1.807) is 18.9 Å². The molecule has 7 heteroatoms. The Bertz CT molecular complexity index is 577. The van der Waals surface area contributed by atoms with Gasteiger partial charge in [-0.05, 0) is 39.0 Å². The van der Waals surface area contributed by atoms with Crippen molar-refractivity contribution in [3.05, 3.63) is 29.3 Å². The number of hydrogen-bond donors (Lipinski definition) is 3. The maximum absolute atomic E-state index is 10.5. The zero-order valence-electron chi connectivity index (χ0n) is 15.5. The summed E-state index contributed by atoms with van der Waals surface area (Å²) in [5.74, 6) is 3.35. The summed E-state index contributed by atoms with van der Waals surface area (Å²) >= 11 is 1.79. The van der Waals surface area contributed by atoms with Crippen LogP contribution < -0.4 is 15.4 Å². The lowest BCUT2D eigenvalue weighted by atomic mass is 10.0. The van der Waals surface area contributed by atoms with Crippen molar-refractivity contribution in [3.63, 3.8) is 0 Å². The van der Waals surface area contributed by atoms with Crippen LogP contribution in [0.25, 0.3) is 0 Å². The first kappa shape index (κ1) is 22.4. The first-order valence-electron chi connectivity index (χ1n) is 8.47. The molecule has 1 saturated heterocycles. The number of ether oxygens (including phenoxy) is 1. The highest BCUT2D eigenvalue weighted by Crippen LogP contribution is 2.28. The van der Waals surface area contributed by atoms with Gasteiger partial charge in [-0.3, -0.25) is 4.99 Å². The molecule has 3 N–H and O–H groups in total. The van der Waals surface area contributed by atoms with E-state index in [0.29, 0.717) is 6.54 Å². The highest BCUT2D eigenvalue weighted by atomic mass is 127. The van der Waals surface area contributed by atoms with Gasteiger partial charge in [0, 0.05) is 17.9 Å². The van der Waals surface area contributed by atoms with Gasteiger partial charge >= 0.3 is 0 Å². The molecule has 1 aliphatic heterocycles. The number of rotatable bonds is 6. The van der Waals surface area contributed by atoms with Crippen LogP contribution >= 0.6 is 35.7 Å². The molecule has 1 aromatic carbocycles. The number of methoxy groups -OCH3 is 1. The van der Waals surface area contributed by atoms with E-state index in [1.807, 2.05) is 19.1 Å². The normalized spacial score (nSPS) is 21.4. The summed E-state index contributed by atoms with van der Waals surface area (Å²) in [6.45, 7) is 7.39. The van der Waals surface area contributed by atoms with Crippen molar-refractivity contribution < 1.29 is 9.84 Å². The lowest BCUT2D eigenvalue weighted by Crippen LogP contribution is -2.41. The Hall–Kier alpha value is -0.670. The maximum Gasteiger partial charge on any atom is 0.191 e. The van der Waals surface area contributed by atoms with Gasteiger partial charge in [-0.1, -0.05) is 17.7 Å². The average molecular weight is 479 g/mol. The van der Waals surface area contributed by atoms with Crippen LogP contribution in [0.5, 0.6) is 5.75 Å². The van der Waals surface area contributed by atoms with Gasteiger partial charge < -0.3 is 20.5 Å². The first-order chi connectivity index (χ1) is 11.5. The number of hydrogen-bond acceptors (Lipinski definition) is 4. The van der Waals surface area contributed by atoms with Crippen molar-refractivity contribution in [1.82, 2.24) is 10.6 Å². The minimum Gasteiger partial charge on any atom is -0.496 e. The van der Waals surface area contributed by atoms with E-state index in [1.165, 1.54) is 5.56 Å². The van der Waals surface area contributed by atoms with Crippen LogP contribution in [0.3, 0.4) is 0 Å². The Morgan fingerprint density at radius 2 is 2.24 bits per heavy atom. The molecular weight excluding hydrogens is 449 g/mol. The number of guanidine groups is 1. The number of aryl methyl sites for hydroxylation is 1. The molecule has 0 saturated carbocycles. The second-order valence-corrected chi connectivity index (χ2v) is 7.44. The van der Waals surface area contributed by atoms with Gasteiger partial charge in [0.2, 0.25) is 0 Å². The molecule has 0 spiro atoms. The summed E-state index contributed by atoms with van der Waals surface area (Å²) in [6, 6.07) is 6.21. The molecule has 1 heterocycles. The Kier molecular flexibility index (Phi) is 9.37. The number of nitrogens with zero attached hydrogens (tertiary/aromatic N) is 1. The predicted octanol–water partition coefficient (Wildman–Crippen LogP) is 3.11. The van der Waals surface area contributed by atoms with Crippen LogP contribution in [-0.2, 0) is 0 Å². The van der Waals surface area contributed by atoms with Crippen molar-refractivity contribution >= 4 is 41.7 Å². The quantitative estimate of drug-likeness (QED) is 0.333. The Morgan fingerprint density at radius 1 is 1.48 bits per heavy atom. The van der Waals surface area contributed by atoms with Crippen molar-refractivity contribution in [3.8, 4) is 5.75 Å². The van der Waals surface area contributed by atoms with Crippen molar-refractivity contribution in [2.75, 3.05) is 31.7 Å². The zero-order chi connectivity index (χ0) is 17.6. The summed E-state index contributed by atoms with van der Waals surface area (Å²) in [6.07, 6.45) is 0.807. The van der Waals surface area contributed by atoms with Gasteiger partial charge in [0.15, 0.2) is 5.96 Å². The second kappa shape index (κ2) is 10.5. The molecule has 1 aromatic rings. The number of nitrogens with one attached hydrogen (secondary N) is 2. The smallest absolute Gasteiger partial charge is 0.191 e. The fourth-order valence-electron chi connectivity index (χ4n) is 2.74. The van der Waals surface area contributed by atoms with E-state index < -0.39 is 5.60 Å². The Labute approximate surface area is 172 Å². The van der Waals surface area contributed by atoms with E-state index in [9.17, 15) is 5.11 Å². The third-order valence-corrected chi connectivity index (χ3v) is 5.40. The molecule has 0 amide bonds. The molecule has 0 bridgehead atoms. The van der Waals surface area contributed by atoms with E-state index in [0.717, 1.165) is 41.7 Å². The van der Waals surface area contributed by atoms with Gasteiger partial charge in [0.25, 0.3) is 0 Å². The SMILES string of the molecule is CCNC(=NCC1(O)CCSC1)NC(C)c1cc(C)ccc1OC.I. The fourth-order valence-corrected chi connectivity index (χ4v) is 4.03. The molecule has 2 unspecified atom stereocenters. The zero-order valence-corrected chi connectivity index (χ0v) is 18.6. The average Bonchev–Trinajstić information content (AvgIpc) is 3.00. The second-order valence-electron chi connectivity index (χ2n) is 6.33. The standard InChI is InChI=1S/C18H29N3O2S.HI/c1-5-19-17(20-11-18(22)8-9-24-12-18)21-14(3)15-10-13(2)6-7-16(15)23-4;/h6-7,10,14,22H,5,8-9,11-12H2,1-4H3,(H2,19,20,21);1H. The monoisotopic (exact) mass is 479 g/mol. The topological polar surface area (TPSA) is 65.9 Å². The lowest BCUT2D eigenvalue weighted by molar-refractivity contribution is 0.0778. The highest BCUT2D eigenvalue weighted by molar-refractivity contribution is 14.0. The van der Waals surface area contributed by atoms with Crippen LogP contribution in [0.2, 0.25) is 0 Å². The van der Waals surface area contributed by atoms with E-state index in [-0.39, 0.29) is 30.0 Å². The summed E-state index contributed by atoms with van der Waals surface area (Å²) < 4.78 is 5.48. The summed E-state index contributed by atoms with van der Waals surface area (Å²) in [4.78, 5) is 4.60. The number of aliphatic hydroxyl groups is 1. The van der Waals surface area contributed by atoms with Crippen molar-refractivity contribution in [2.24, 2.45) is 4.99 Å². The minimum absolute atomic E-state index is 0. The van der Waals surface area contributed by atoms with Gasteiger partial charge in [-0.2, -0.15) is 11.8 Å². The Morgan fingerprint density at radius 3 is 2.84 bits per heavy atom. The van der Waals surface area contributed by atoms with Gasteiger partial charge in [-0.25, -0.2) is 0 Å². The molecular formula is C18H30IN3O2S. The Balaban J connectivity index is 0.00000312. The first-order valence-corrected chi connectivity index (χ1v) is 9.62. The molecule has 5 nitrogen and oxygen atoms in total. The third kappa shape index (κ3) is 6.53. The van der Waals surface area contributed by atoms with E-state index in [4.69, 9.17) is 4.74 Å². The predicted molar refractivity (Wildman–Crippen MR) is 118 cm³/mol. The van der Waals surface area contributed by atoms with Crippen LogP contribution in [0, 0.1) is 6.92 Å². The number of halogens is 1. The molecule has 142 valence electrons. The molecule has 1 fully saturated rings. The van der Waals surface area contributed by atoms with E-state index in [2.05, 4.69) is 35.5 Å². The van der Waals surface area contributed by atoms with Crippen molar-refractivity contribution in [1.29, 1.82) is 0 Å². The number of benzene rings is 1.